The molecule has 112 valence electrons. The summed E-state index contributed by atoms with van der Waals surface area (Å²) in [6, 6.07) is 4.81. The third kappa shape index (κ3) is 6.42. The molecule has 7 heteroatoms. The summed E-state index contributed by atoms with van der Waals surface area (Å²) in [4.78, 5) is 11.7. The molecular weight excluding hydrogens is 273 g/mol. The molecule has 0 bridgehead atoms. The van der Waals surface area contributed by atoms with Crippen LogP contribution in [0.3, 0.4) is 0 Å². The maximum absolute atomic E-state index is 12.0. The van der Waals surface area contributed by atoms with Crippen LogP contribution in [-0.2, 0) is 0 Å². The van der Waals surface area contributed by atoms with Gasteiger partial charge in [-0.1, -0.05) is 6.92 Å². The van der Waals surface area contributed by atoms with Gasteiger partial charge in [-0.3, -0.25) is 4.79 Å². The molecule has 0 aliphatic rings. The van der Waals surface area contributed by atoms with Crippen LogP contribution < -0.4 is 15.4 Å². The number of carbonyl (C=O) groups excluding carboxylic acids is 1. The summed E-state index contributed by atoms with van der Waals surface area (Å²) >= 11 is 0. The van der Waals surface area contributed by atoms with Gasteiger partial charge in [-0.2, -0.15) is 0 Å². The first-order valence-corrected chi connectivity index (χ1v) is 6.27. The van der Waals surface area contributed by atoms with E-state index in [1.807, 2.05) is 6.92 Å². The highest BCUT2D eigenvalue weighted by molar-refractivity contribution is 5.94. The molecule has 0 atom stereocenters. The van der Waals surface area contributed by atoms with Gasteiger partial charge in [-0.25, -0.2) is 0 Å². The van der Waals surface area contributed by atoms with Gasteiger partial charge in [0.2, 0.25) is 0 Å². The zero-order valence-corrected chi connectivity index (χ0v) is 11.1. The van der Waals surface area contributed by atoms with Crippen molar-refractivity contribution < 1.29 is 22.7 Å². The van der Waals surface area contributed by atoms with Gasteiger partial charge < -0.3 is 15.4 Å². The van der Waals surface area contributed by atoms with E-state index in [0.29, 0.717) is 12.1 Å². The lowest BCUT2D eigenvalue weighted by Gasteiger charge is -2.09. The van der Waals surface area contributed by atoms with Crippen molar-refractivity contribution in [1.29, 1.82) is 0 Å². The second-order valence-corrected chi connectivity index (χ2v) is 4.04. The van der Waals surface area contributed by atoms with E-state index in [9.17, 15) is 18.0 Å². The number of ether oxygens (including phenoxy) is 1. The molecule has 4 nitrogen and oxygen atoms in total. The lowest BCUT2D eigenvalue weighted by atomic mass is 10.2. The Labute approximate surface area is 115 Å². The first-order chi connectivity index (χ1) is 9.42. The van der Waals surface area contributed by atoms with Crippen LogP contribution in [0, 0.1) is 0 Å². The monoisotopic (exact) mass is 290 g/mol. The fraction of sp³-hybridized carbons (Fsp3) is 0.462. The average Bonchev–Trinajstić information content (AvgIpc) is 2.37. The number of hydrogen-bond acceptors (Lipinski definition) is 3. The molecule has 1 amide bonds. The van der Waals surface area contributed by atoms with Gasteiger partial charge in [-0.15, -0.1) is 13.2 Å². The lowest BCUT2D eigenvalue weighted by molar-refractivity contribution is -0.274. The van der Waals surface area contributed by atoms with E-state index < -0.39 is 6.36 Å². The van der Waals surface area contributed by atoms with Crippen LogP contribution in [0.4, 0.5) is 13.2 Å². The molecule has 0 saturated carbocycles. The summed E-state index contributed by atoms with van der Waals surface area (Å²) in [5.41, 5.74) is 0.294. The average molecular weight is 290 g/mol. The molecule has 0 spiro atoms. The summed E-state index contributed by atoms with van der Waals surface area (Å²) < 4.78 is 39.6. The summed E-state index contributed by atoms with van der Waals surface area (Å²) in [5.74, 6) is -0.666. The normalized spacial score (nSPS) is 11.2. The molecule has 1 rings (SSSR count). The zero-order chi connectivity index (χ0) is 15.0. The minimum absolute atomic E-state index is 0.294. The molecule has 0 aliphatic heterocycles. The van der Waals surface area contributed by atoms with Gasteiger partial charge in [0.15, 0.2) is 0 Å². The highest BCUT2D eigenvalue weighted by atomic mass is 19.4. The van der Waals surface area contributed by atoms with Crippen LogP contribution in [0.1, 0.15) is 23.7 Å². The molecule has 0 radical (unpaired) electrons. The first kappa shape index (κ1) is 16.3. The third-order valence-corrected chi connectivity index (χ3v) is 2.42. The maximum Gasteiger partial charge on any atom is 0.573 e. The van der Waals surface area contributed by atoms with Crippen LogP contribution >= 0.6 is 0 Å². The van der Waals surface area contributed by atoms with E-state index in [0.717, 1.165) is 31.6 Å². The number of benzene rings is 1. The molecule has 0 heterocycles. The highest BCUT2D eigenvalue weighted by Gasteiger charge is 2.31. The van der Waals surface area contributed by atoms with Gasteiger partial charge in [0.05, 0.1) is 0 Å². The Morgan fingerprint density at radius 2 is 1.85 bits per heavy atom. The highest BCUT2D eigenvalue weighted by Crippen LogP contribution is 2.22. The Hall–Kier alpha value is -1.76. The van der Waals surface area contributed by atoms with Crippen LogP contribution in [-0.4, -0.2) is 31.9 Å². The number of hydrogen-bond donors (Lipinski definition) is 2. The van der Waals surface area contributed by atoms with Crippen molar-refractivity contribution in [2.45, 2.75) is 19.7 Å². The lowest BCUT2D eigenvalue weighted by Crippen LogP contribution is -2.27. The summed E-state index contributed by atoms with van der Waals surface area (Å²) in [7, 11) is 0. The fourth-order valence-electron chi connectivity index (χ4n) is 1.50. The van der Waals surface area contributed by atoms with Gasteiger partial charge in [0.1, 0.15) is 5.75 Å². The van der Waals surface area contributed by atoms with E-state index in [-0.39, 0.29) is 11.7 Å². The standard InChI is InChI=1S/C13H17F3N2O2/c1-2-17-8-3-9-18-12(19)10-4-6-11(7-5-10)20-13(14,15)16/h4-7,17H,2-3,8-9H2,1H3,(H,18,19). The number of carbonyl (C=O) groups is 1. The smallest absolute Gasteiger partial charge is 0.406 e. The van der Waals surface area contributed by atoms with Crippen molar-refractivity contribution in [1.82, 2.24) is 10.6 Å². The van der Waals surface area contributed by atoms with E-state index in [1.54, 1.807) is 0 Å². The Bertz CT molecular complexity index is 419. The van der Waals surface area contributed by atoms with E-state index >= 15 is 0 Å². The predicted octanol–water partition coefficient (Wildman–Crippen LogP) is 2.31. The van der Waals surface area contributed by atoms with Gasteiger partial charge in [0, 0.05) is 12.1 Å². The molecule has 0 saturated heterocycles. The second-order valence-electron chi connectivity index (χ2n) is 4.04. The minimum atomic E-state index is -4.73. The topological polar surface area (TPSA) is 50.4 Å². The molecule has 0 unspecified atom stereocenters. The van der Waals surface area contributed by atoms with E-state index in [1.165, 1.54) is 12.1 Å². The van der Waals surface area contributed by atoms with Gasteiger partial charge in [-0.05, 0) is 43.8 Å². The van der Waals surface area contributed by atoms with Crippen molar-refractivity contribution in [2.24, 2.45) is 0 Å². The minimum Gasteiger partial charge on any atom is -0.406 e. The first-order valence-electron chi connectivity index (χ1n) is 6.27. The van der Waals surface area contributed by atoms with Crippen molar-refractivity contribution >= 4 is 5.91 Å². The molecule has 2 N–H and O–H groups in total. The van der Waals surface area contributed by atoms with Crippen molar-refractivity contribution in [2.75, 3.05) is 19.6 Å². The number of rotatable bonds is 7. The molecule has 20 heavy (non-hydrogen) atoms. The van der Waals surface area contributed by atoms with E-state index in [2.05, 4.69) is 15.4 Å². The third-order valence-electron chi connectivity index (χ3n) is 2.42. The molecule has 0 fully saturated rings. The van der Waals surface area contributed by atoms with Gasteiger partial charge in [0.25, 0.3) is 5.91 Å². The van der Waals surface area contributed by atoms with Crippen LogP contribution in [0.15, 0.2) is 24.3 Å². The van der Waals surface area contributed by atoms with Crippen LogP contribution in [0.25, 0.3) is 0 Å². The van der Waals surface area contributed by atoms with Crippen molar-refractivity contribution in [3.05, 3.63) is 29.8 Å². The number of nitrogens with one attached hydrogen (secondary N) is 2. The van der Waals surface area contributed by atoms with Gasteiger partial charge >= 0.3 is 6.36 Å². The second kappa shape index (κ2) is 7.74. The number of amides is 1. The van der Waals surface area contributed by atoms with Crippen LogP contribution in [0.5, 0.6) is 5.75 Å². The molecular formula is C13H17F3N2O2. The molecule has 1 aromatic rings. The number of alkyl halides is 3. The fourth-order valence-corrected chi connectivity index (χ4v) is 1.50. The van der Waals surface area contributed by atoms with Crippen molar-refractivity contribution in [3.63, 3.8) is 0 Å². The SMILES string of the molecule is CCNCCCNC(=O)c1ccc(OC(F)(F)F)cc1. The Morgan fingerprint density at radius 1 is 1.20 bits per heavy atom. The molecule has 0 aliphatic carbocycles. The Kier molecular flexibility index (Phi) is 6.30. The summed E-state index contributed by atoms with van der Waals surface area (Å²) in [6.07, 6.45) is -3.94. The number of halogens is 3. The van der Waals surface area contributed by atoms with Crippen LogP contribution in [0.2, 0.25) is 0 Å². The zero-order valence-electron chi connectivity index (χ0n) is 11.1. The largest absolute Gasteiger partial charge is 0.573 e. The molecule has 0 aromatic heterocycles. The summed E-state index contributed by atoms with van der Waals surface area (Å²) in [6.45, 7) is 4.17. The quantitative estimate of drug-likeness (QED) is 0.758. The predicted molar refractivity (Wildman–Crippen MR) is 68.6 cm³/mol. The molecule has 1 aromatic carbocycles. The maximum atomic E-state index is 12.0. The Morgan fingerprint density at radius 3 is 2.40 bits per heavy atom. The Balaban J connectivity index is 2.41. The van der Waals surface area contributed by atoms with E-state index in [4.69, 9.17) is 0 Å². The summed E-state index contributed by atoms with van der Waals surface area (Å²) in [5, 5.41) is 5.80. The van der Waals surface area contributed by atoms with Crippen molar-refractivity contribution in [3.8, 4) is 5.75 Å².